The maximum Gasteiger partial charge on any atom is 0.142 e. The summed E-state index contributed by atoms with van der Waals surface area (Å²) in [6, 6.07) is 9.89. The Morgan fingerprint density at radius 1 is 1.29 bits per heavy atom. The summed E-state index contributed by atoms with van der Waals surface area (Å²) in [6.45, 7) is 2.06. The fourth-order valence-corrected chi connectivity index (χ4v) is 1.86. The molecular formula is C14H16N2O. The van der Waals surface area contributed by atoms with Crippen molar-refractivity contribution in [3.05, 3.63) is 59.4 Å². The van der Waals surface area contributed by atoms with Crippen LogP contribution in [-0.4, -0.2) is 12.1 Å². The molecule has 0 saturated carbocycles. The minimum absolute atomic E-state index is 0.187. The van der Waals surface area contributed by atoms with E-state index in [0.717, 1.165) is 16.9 Å². The highest BCUT2D eigenvalue weighted by molar-refractivity contribution is 5.40. The highest BCUT2D eigenvalue weighted by atomic mass is 16.5. The number of benzene rings is 1. The molecule has 1 aromatic heterocycles. The lowest BCUT2D eigenvalue weighted by molar-refractivity contribution is 0.406. The second-order valence-electron chi connectivity index (χ2n) is 4.01. The molecule has 1 atom stereocenters. The van der Waals surface area contributed by atoms with Gasteiger partial charge < -0.3 is 10.5 Å². The van der Waals surface area contributed by atoms with Crippen molar-refractivity contribution in [2.45, 2.75) is 13.0 Å². The summed E-state index contributed by atoms with van der Waals surface area (Å²) in [4.78, 5) is 4.03. The molecule has 17 heavy (non-hydrogen) atoms. The van der Waals surface area contributed by atoms with Gasteiger partial charge in [0.1, 0.15) is 5.75 Å². The number of methoxy groups -OCH3 is 1. The predicted octanol–water partition coefficient (Wildman–Crippen LogP) is 2.45. The molecule has 0 fully saturated rings. The number of aromatic nitrogens is 1. The van der Waals surface area contributed by atoms with Gasteiger partial charge in [-0.1, -0.05) is 29.8 Å². The van der Waals surface area contributed by atoms with E-state index < -0.39 is 0 Å². The van der Waals surface area contributed by atoms with Crippen LogP contribution in [0.3, 0.4) is 0 Å². The van der Waals surface area contributed by atoms with Crippen LogP contribution in [0, 0.1) is 6.92 Å². The Kier molecular flexibility index (Phi) is 3.40. The van der Waals surface area contributed by atoms with E-state index in [0.29, 0.717) is 0 Å². The smallest absolute Gasteiger partial charge is 0.142 e. The fourth-order valence-electron chi connectivity index (χ4n) is 1.86. The van der Waals surface area contributed by atoms with Gasteiger partial charge in [-0.05, 0) is 18.6 Å². The van der Waals surface area contributed by atoms with Crippen molar-refractivity contribution in [2.75, 3.05) is 7.11 Å². The van der Waals surface area contributed by atoms with E-state index in [1.807, 2.05) is 18.2 Å². The van der Waals surface area contributed by atoms with Gasteiger partial charge in [0, 0.05) is 11.8 Å². The van der Waals surface area contributed by atoms with Crippen molar-refractivity contribution >= 4 is 0 Å². The molecule has 0 bridgehead atoms. The Labute approximate surface area is 101 Å². The van der Waals surface area contributed by atoms with Crippen LogP contribution < -0.4 is 10.5 Å². The molecule has 3 heteroatoms. The SMILES string of the molecule is COc1cnccc1C(N)c1cccc(C)c1. The molecule has 3 nitrogen and oxygen atoms in total. The molecule has 2 N–H and O–H groups in total. The average Bonchev–Trinajstić information content (AvgIpc) is 2.38. The molecule has 1 heterocycles. The summed E-state index contributed by atoms with van der Waals surface area (Å²) in [5.41, 5.74) is 9.48. The minimum atomic E-state index is -0.187. The fraction of sp³-hybridized carbons (Fsp3) is 0.214. The first-order valence-corrected chi connectivity index (χ1v) is 5.52. The van der Waals surface area contributed by atoms with E-state index in [9.17, 15) is 0 Å². The first-order valence-electron chi connectivity index (χ1n) is 5.52. The molecule has 2 aromatic rings. The molecule has 0 spiro atoms. The predicted molar refractivity (Wildman–Crippen MR) is 68.0 cm³/mol. The number of ether oxygens (including phenoxy) is 1. The van der Waals surface area contributed by atoms with Crippen molar-refractivity contribution in [2.24, 2.45) is 5.73 Å². The van der Waals surface area contributed by atoms with Crippen LogP contribution in [0.2, 0.25) is 0 Å². The van der Waals surface area contributed by atoms with Crippen LogP contribution in [0.5, 0.6) is 5.75 Å². The van der Waals surface area contributed by atoms with Gasteiger partial charge in [0.2, 0.25) is 0 Å². The maximum atomic E-state index is 6.25. The highest BCUT2D eigenvalue weighted by Gasteiger charge is 2.13. The number of nitrogens with two attached hydrogens (primary N) is 1. The van der Waals surface area contributed by atoms with E-state index in [2.05, 4.69) is 24.0 Å². The standard InChI is InChI=1S/C14H16N2O/c1-10-4-3-5-11(8-10)14(15)12-6-7-16-9-13(12)17-2/h3-9,14H,15H2,1-2H3. The molecule has 2 rings (SSSR count). The highest BCUT2D eigenvalue weighted by Crippen LogP contribution is 2.27. The lowest BCUT2D eigenvalue weighted by Crippen LogP contribution is -2.13. The zero-order valence-electron chi connectivity index (χ0n) is 10.1. The first-order chi connectivity index (χ1) is 8.22. The Balaban J connectivity index is 2.40. The quantitative estimate of drug-likeness (QED) is 0.877. The Morgan fingerprint density at radius 3 is 2.82 bits per heavy atom. The molecule has 0 radical (unpaired) electrons. The van der Waals surface area contributed by atoms with E-state index in [1.165, 1.54) is 5.56 Å². The van der Waals surface area contributed by atoms with Crippen LogP contribution >= 0.6 is 0 Å². The number of pyridine rings is 1. The normalized spacial score (nSPS) is 12.2. The Hall–Kier alpha value is -1.87. The van der Waals surface area contributed by atoms with E-state index in [1.54, 1.807) is 19.5 Å². The van der Waals surface area contributed by atoms with Gasteiger partial charge in [-0.3, -0.25) is 4.98 Å². The molecular weight excluding hydrogens is 212 g/mol. The third kappa shape index (κ3) is 2.45. The number of hydrogen-bond donors (Lipinski definition) is 1. The van der Waals surface area contributed by atoms with Crippen molar-refractivity contribution in [3.63, 3.8) is 0 Å². The number of hydrogen-bond acceptors (Lipinski definition) is 3. The minimum Gasteiger partial charge on any atom is -0.495 e. The first kappa shape index (κ1) is 11.6. The number of aryl methyl sites for hydroxylation is 1. The third-order valence-electron chi connectivity index (χ3n) is 2.77. The summed E-state index contributed by atoms with van der Waals surface area (Å²) < 4.78 is 5.28. The zero-order chi connectivity index (χ0) is 12.3. The van der Waals surface area contributed by atoms with Gasteiger partial charge in [0.25, 0.3) is 0 Å². The van der Waals surface area contributed by atoms with Gasteiger partial charge in [-0.2, -0.15) is 0 Å². The van der Waals surface area contributed by atoms with Gasteiger partial charge >= 0.3 is 0 Å². The summed E-state index contributed by atoms with van der Waals surface area (Å²) >= 11 is 0. The van der Waals surface area contributed by atoms with Crippen molar-refractivity contribution < 1.29 is 4.74 Å². The molecule has 0 saturated heterocycles. The second kappa shape index (κ2) is 4.97. The average molecular weight is 228 g/mol. The summed E-state index contributed by atoms with van der Waals surface area (Å²) in [7, 11) is 1.63. The van der Waals surface area contributed by atoms with Crippen LogP contribution in [-0.2, 0) is 0 Å². The van der Waals surface area contributed by atoms with Gasteiger partial charge in [0.05, 0.1) is 19.3 Å². The third-order valence-corrected chi connectivity index (χ3v) is 2.77. The van der Waals surface area contributed by atoms with Crippen molar-refractivity contribution in [1.82, 2.24) is 4.98 Å². The topological polar surface area (TPSA) is 48.1 Å². The van der Waals surface area contributed by atoms with Gasteiger partial charge in [0.15, 0.2) is 0 Å². The molecule has 88 valence electrons. The monoisotopic (exact) mass is 228 g/mol. The second-order valence-corrected chi connectivity index (χ2v) is 4.01. The maximum absolute atomic E-state index is 6.25. The van der Waals surface area contributed by atoms with E-state index >= 15 is 0 Å². The van der Waals surface area contributed by atoms with Crippen LogP contribution in [0.1, 0.15) is 22.7 Å². The molecule has 0 amide bonds. The lowest BCUT2D eigenvalue weighted by Gasteiger charge is -2.15. The largest absolute Gasteiger partial charge is 0.495 e. The number of nitrogens with zero attached hydrogens (tertiary/aromatic N) is 1. The van der Waals surface area contributed by atoms with Gasteiger partial charge in [-0.25, -0.2) is 0 Å². The van der Waals surface area contributed by atoms with E-state index in [-0.39, 0.29) is 6.04 Å². The molecule has 0 aliphatic heterocycles. The summed E-state index contributed by atoms with van der Waals surface area (Å²) in [5, 5.41) is 0. The van der Waals surface area contributed by atoms with Crippen LogP contribution in [0.4, 0.5) is 0 Å². The molecule has 0 aliphatic rings. The zero-order valence-corrected chi connectivity index (χ0v) is 10.1. The Morgan fingerprint density at radius 2 is 2.12 bits per heavy atom. The summed E-state index contributed by atoms with van der Waals surface area (Å²) in [5.74, 6) is 0.724. The molecule has 1 aromatic carbocycles. The summed E-state index contributed by atoms with van der Waals surface area (Å²) in [6.07, 6.45) is 3.42. The molecule has 0 aliphatic carbocycles. The number of rotatable bonds is 3. The lowest BCUT2D eigenvalue weighted by atomic mass is 9.98. The van der Waals surface area contributed by atoms with Gasteiger partial charge in [-0.15, -0.1) is 0 Å². The van der Waals surface area contributed by atoms with Crippen molar-refractivity contribution in [1.29, 1.82) is 0 Å². The Bertz CT molecular complexity index is 511. The van der Waals surface area contributed by atoms with E-state index in [4.69, 9.17) is 10.5 Å². The van der Waals surface area contributed by atoms with Crippen LogP contribution in [0.15, 0.2) is 42.7 Å². The van der Waals surface area contributed by atoms with Crippen LogP contribution in [0.25, 0.3) is 0 Å². The van der Waals surface area contributed by atoms with Crippen molar-refractivity contribution in [3.8, 4) is 5.75 Å². The molecule has 1 unspecified atom stereocenters.